The molecule has 0 unspecified atom stereocenters. The van der Waals surface area contributed by atoms with Crippen molar-refractivity contribution >= 4 is 11.8 Å². The van der Waals surface area contributed by atoms with Crippen LogP contribution >= 0.6 is 0 Å². The minimum absolute atomic E-state index is 0.0340. The van der Waals surface area contributed by atoms with E-state index in [0.29, 0.717) is 24.2 Å². The van der Waals surface area contributed by atoms with Crippen molar-refractivity contribution in [3.8, 4) is 0 Å². The molecule has 0 bridgehead atoms. The predicted molar refractivity (Wildman–Crippen MR) is 60.1 cm³/mol. The van der Waals surface area contributed by atoms with Crippen LogP contribution in [0.2, 0.25) is 0 Å². The molecule has 3 nitrogen and oxygen atoms in total. The van der Waals surface area contributed by atoms with Crippen LogP contribution in [-0.4, -0.2) is 18.4 Å². The Morgan fingerprint density at radius 1 is 1.47 bits per heavy atom. The molecule has 17 heavy (non-hydrogen) atoms. The maximum atomic E-state index is 12.2. The zero-order valence-corrected chi connectivity index (χ0v) is 10.2. The van der Waals surface area contributed by atoms with Gasteiger partial charge in [-0.3, -0.25) is 9.59 Å². The largest absolute Gasteiger partial charge is 0.466 e. The summed E-state index contributed by atoms with van der Waals surface area (Å²) in [6.07, 6.45) is 5.07. The molecule has 4 aliphatic rings. The molecular formula is C14H18O3. The van der Waals surface area contributed by atoms with Gasteiger partial charge in [-0.2, -0.15) is 0 Å². The van der Waals surface area contributed by atoms with Gasteiger partial charge in [-0.15, -0.1) is 0 Å². The Balaban J connectivity index is 1.71. The monoisotopic (exact) mass is 234 g/mol. The van der Waals surface area contributed by atoms with E-state index < -0.39 is 0 Å². The van der Waals surface area contributed by atoms with E-state index in [0.717, 1.165) is 19.3 Å². The first kappa shape index (κ1) is 10.1. The molecule has 0 radical (unpaired) electrons. The van der Waals surface area contributed by atoms with Crippen LogP contribution in [0.15, 0.2) is 0 Å². The Morgan fingerprint density at radius 3 is 3.00 bits per heavy atom. The molecule has 5 atom stereocenters. The molecule has 0 N–H and O–H groups in total. The molecule has 1 spiro atoms. The number of carbonyl (C=O) groups excluding carboxylic acids is 2. The van der Waals surface area contributed by atoms with E-state index in [4.69, 9.17) is 4.74 Å². The maximum Gasteiger partial charge on any atom is 0.309 e. The third-order valence-corrected chi connectivity index (χ3v) is 6.18. The number of esters is 1. The van der Waals surface area contributed by atoms with Crippen LogP contribution in [0.1, 0.15) is 39.0 Å². The number of hydrogen-bond acceptors (Lipinski definition) is 3. The lowest BCUT2D eigenvalue weighted by Crippen LogP contribution is -2.23. The fourth-order valence-corrected chi connectivity index (χ4v) is 5.99. The topological polar surface area (TPSA) is 43.4 Å². The van der Waals surface area contributed by atoms with E-state index in [1.807, 2.05) is 6.92 Å². The molecule has 92 valence electrons. The first-order valence-electron chi connectivity index (χ1n) is 6.88. The third-order valence-electron chi connectivity index (χ3n) is 6.18. The summed E-state index contributed by atoms with van der Waals surface area (Å²) >= 11 is 0. The van der Waals surface area contributed by atoms with Crippen LogP contribution in [-0.2, 0) is 14.3 Å². The summed E-state index contributed by atoms with van der Waals surface area (Å²) in [5.74, 6) is 1.32. The maximum absolute atomic E-state index is 12.2. The zero-order valence-electron chi connectivity index (χ0n) is 10.2. The van der Waals surface area contributed by atoms with Crippen molar-refractivity contribution in [1.29, 1.82) is 0 Å². The molecule has 3 heteroatoms. The average Bonchev–Trinajstić information content (AvgIpc) is 2.58. The van der Waals surface area contributed by atoms with E-state index in [2.05, 4.69) is 0 Å². The molecule has 0 aromatic rings. The minimum Gasteiger partial charge on any atom is -0.466 e. The number of hydrogen-bond donors (Lipinski definition) is 0. The van der Waals surface area contributed by atoms with Crippen molar-refractivity contribution in [3.63, 3.8) is 0 Å². The second-order valence-electron chi connectivity index (χ2n) is 6.26. The Hall–Kier alpha value is -0.860. The second kappa shape index (κ2) is 2.76. The molecule has 4 saturated carbocycles. The lowest BCUT2D eigenvalue weighted by atomic mass is 9.88. The van der Waals surface area contributed by atoms with Gasteiger partial charge in [0.05, 0.1) is 12.5 Å². The molecule has 0 aliphatic heterocycles. The summed E-state index contributed by atoms with van der Waals surface area (Å²) in [5.41, 5.74) is 0.189. The van der Waals surface area contributed by atoms with E-state index >= 15 is 0 Å². The summed E-state index contributed by atoms with van der Waals surface area (Å²) in [6, 6.07) is 0. The predicted octanol–water partition coefficient (Wildman–Crippen LogP) is 1.94. The minimum atomic E-state index is -0.0622. The van der Waals surface area contributed by atoms with Gasteiger partial charge in [-0.1, -0.05) is 6.42 Å². The van der Waals surface area contributed by atoms with Gasteiger partial charge in [0, 0.05) is 11.8 Å². The highest BCUT2D eigenvalue weighted by Gasteiger charge is 2.91. The van der Waals surface area contributed by atoms with Crippen molar-refractivity contribution in [2.45, 2.75) is 39.0 Å². The van der Waals surface area contributed by atoms with Crippen LogP contribution < -0.4 is 0 Å². The smallest absolute Gasteiger partial charge is 0.309 e. The lowest BCUT2D eigenvalue weighted by Gasteiger charge is -2.16. The van der Waals surface area contributed by atoms with E-state index in [1.165, 1.54) is 12.8 Å². The average molecular weight is 234 g/mol. The van der Waals surface area contributed by atoms with Crippen molar-refractivity contribution in [2.75, 3.05) is 6.61 Å². The Kier molecular flexibility index (Phi) is 1.64. The molecule has 4 aliphatic carbocycles. The number of carbonyl (C=O) groups is 2. The normalized spacial score (nSPS) is 53.5. The van der Waals surface area contributed by atoms with Crippen LogP contribution in [0.5, 0.6) is 0 Å². The number of Topliss-reactive ketones (excluding diaryl/α,β-unsaturated/α-hetero) is 1. The summed E-state index contributed by atoms with van der Waals surface area (Å²) in [6.45, 7) is 2.31. The Morgan fingerprint density at radius 2 is 2.29 bits per heavy atom. The number of ketones is 1. The van der Waals surface area contributed by atoms with Gasteiger partial charge in [0.1, 0.15) is 5.78 Å². The highest BCUT2D eigenvalue weighted by molar-refractivity contribution is 5.96. The van der Waals surface area contributed by atoms with Crippen molar-refractivity contribution in [3.05, 3.63) is 0 Å². The first-order chi connectivity index (χ1) is 8.18. The van der Waals surface area contributed by atoms with Gasteiger partial charge in [0.25, 0.3) is 0 Å². The van der Waals surface area contributed by atoms with Gasteiger partial charge in [-0.05, 0) is 43.4 Å². The molecule has 0 aromatic heterocycles. The van der Waals surface area contributed by atoms with E-state index in [9.17, 15) is 9.59 Å². The molecule has 0 saturated heterocycles. The summed E-state index contributed by atoms with van der Waals surface area (Å²) in [5, 5.41) is 0. The van der Waals surface area contributed by atoms with Crippen LogP contribution in [0.4, 0.5) is 0 Å². The Bertz CT molecular complexity index is 429. The van der Waals surface area contributed by atoms with Crippen LogP contribution in [0, 0.1) is 28.6 Å². The molecule has 4 rings (SSSR count). The summed E-state index contributed by atoms with van der Waals surface area (Å²) in [4.78, 5) is 24.2. The van der Waals surface area contributed by atoms with Crippen molar-refractivity contribution < 1.29 is 14.3 Å². The Labute approximate surface area is 101 Å². The van der Waals surface area contributed by atoms with E-state index in [-0.39, 0.29) is 22.7 Å². The second-order valence-corrected chi connectivity index (χ2v) is 6.26. The van der Waals surface area contributed by atoms with Gasteiger partial charge < -0.3 is 4.74 Å². The third kappa shape index (κ3) is 0.801. The highest BCUT2D eigenvalue weighted by atomic mass is 16.5. The van der Waals surface area contributed by atoms with Crippen LogP contribution in [0.25, 0.3) is 0 Å². The van der Waals surface area contributed by atoms with Gasteiger partial charge in [0.2, 0.25) is 0 Å². The zero-order chi connectivity index (χ0) is 11.8. The quantitative estimate of drug-likeness (QED) is 0.686. The van der Waals surface area contributed by atoms with Gasteiger partial charge in [0.15, 0.2) is 0 Å². The number of ether oxygens (including phenoxy) is 1. The molecule has 0 heterocycles. The highest BCUT2D eigenvalue weighted by Crippen LogP contribution is 2.91. The van der Waals surface area contributed by atoms with E-state index in [1.54, 1.807) is 0 Å². The standard InChI is InChI=1S/C14H18O3/c1-2-17-12(16)9-6-8-7-10(15)14-5-3-4-13(8,14)11(9)14/h8-9,11H,2-7H2,1H3/t8-,9+,11-,13+,14-/m1/s1. The summed E-state index contributed by atoms with van der Waals surface area (Å²) in [7, 11) is 0. The molecule has 0 amide bonds. The molecule has 4 fully saturated rings. The van der Waals surface area contributed by atoms with Gasteiger partial charge in [-0.25, -0.2) is 0 Å². The fourth-order valence-electron chi connectivity index (χ4n) is 5.99. The van der Waals surface area contributed by atoms with Crippen molar-refractivity contribution in [1.82, 2.24) is 0 Å². The van der Waals surface area contributed by atoms with Crippen molar-refractivity contribution in [2.24, 2.45) is 28.6 Å². The molecule has 0 aromatic carbocycles. The number of rotatable bonds is 2. The summed E-state index contributed by atoms with van der Waals surface area (Å²) < 4.78 is 5.19. The molecular weight excluding hydrogens is 216 g/mol. The fraction of sp³-hybridized carbons (Fsp3) is 0.857. The first-order valence-corrected chi connectivity index (χ1v) is 6.88. The van der Waals surface area contributed by atoms with Crippen LogP contribution in [0.3, 0.4) is 0 Å². The lowest BCUT2D eigenvalue weighted by molar-refractivity contribution is -0.149. The SMILES string of the molecule is CCOC(=O)[C@H]1C[C@@H]2CC(=O)[C@@]34CCC[C@@]23[C@@H]14. The van der Waals surface area contributed by atoms with Gasteiger partial charge >= 0.3 is 5.97 Å².